The number of carbonyl (C=O) groups is 1. The topological polar surface area (TPSA) is 80.5 Å². The first-order valence-electron chi connectivity index (χ1n) is 7.63. The van der Waals surface area contributed by atoms with E-state index in [2.05, 4.69) is 6.92 Å². The monoisotopic (exact) mass is 304 g/mol. The van der Waals surface area contributed by atoms with Crippen molar-refractivity contribution in [1.82, 2.24) is 4.90 Å². The van der Waals surface area contributed by atoms with Crippen LogP contribution < -0.4 is 5.73 Å². The van der Waals surface area contributed by atoms with E-state index in [0.29, 0.717) is 31.8 Å². The number of nitrogens with two attached hydrogens (primary N) is 1. The van der Waals surface area contributed by atoms with Crippen molar-refractivity contribution in [3.63, 3.8) is 0 Å². The molecule has 2 N–H and O–H groups in total. The molecule has 20 heavy (non-hydrogen) atoms. The van der Waals surface area contributed by atoms with Crippen LogP contribution in [0.25, 0.3) is 0 Å². The van der Waals surface area contributed by atoms with Crippen LogP contribution in [0.2, 0.25) is 0 Å². The van der Waals surface area contributed by atoms with Gasteiger partial charge >= 0.3 is 0 Å². The van der Waals surface area contributed by atoms with Gasteiger partial charge in [-0.05, 0) is 38.6 Å². The Morgan fingerprint density at radius 2 is 2.05 bits per heavy atom. The molecule has 1 aliphatic rings. The summed E-state index contributed by atoms with van der Waals surface area (Å²) >= 11 is 0. The molecule has 0 saturated carbocycles. The summed E-state index contributed by atoms with van der Waals surface area (Å²) in [4.78, 5) is 14.0. The Balaban J connectivity index is 2.51. The summed E-state index contributed by atoms with van der Waals surface area (Å²) < 4.78 is 23.1. The summed E-state index contributed by atoms with van der Waals surface area (Å²) in [6, 6.07) is -0.118. The van der Waals surface area contributed by atoms with E-state index in [1.54, 1.807) is 4.90 Å². The number of carbonyl (C=O) groups excluding carboxylic acids is 1. The van der Waals surface area contributed by atoms with Gasteiger partial charge in [-0.15, -0.1) is 0 Å². The van der Waals surface area contributed by atoms with Gasteiger partial charge < -0.3 is 10.6 Å². The van der Waals surface area contributed by atoms with Gasteiger partial charge in [-0.1, -0.05) is 13.3 Å². The fourth-order valence-electron chi connectivity index (χ4n) is 2.92. The number of sulfone groups is 1. The van der Waals surface area contributed by atoms with Gasteiger partial charge in [0.2, 0.25) is 5.91 Å². The Kier molecular flexibility index (Phi) is 6.95. The molecule has 0 aromatic carbocycles. The van der Waals surface area contributed by atoms with Crippen LogP contribution in [0.15, 0.2) is 0 Å². The minimum Gasteiger partial charge on any atom is -0.339 e. The summed E-state index contributed by atoms with van der Waals surface area (Å²) in [6.07, 6.45) is 3.93. The van der Waals surface area contributed by atoms with Crippen LogP contribution >= 0.6 is 0 Å². The number of amides is 1. The average Bonchev–Trinajstić information content (AvgIpc) is 2.75. The Morgan fingerprint density at radius 3 is 2.50 bits per heavy atom. The lowest BCUT2D eigenvalue weighted by atomic mass is 9.96. The summed E-state index contributed by atoms with van der Waals surface area (Å²) in [5.41, 5.74) is 5.56. The van der Waals surface area contributed by atoms with Gasteiger partial charge in [0.1, 0.15) is 0 Å². The van der Waals surface area contributed by atoms with Gasteiger partial charge in [-0.2, -0.15) is 0 Å². The second kappa shape index (κ2) is 7.98. The van der Waals surface area contributed by atoms with E-state index in [0.717, 1.165) is 19.3 Å². The summed E-state index contributed by atoms with van der Waals surface area (Å²) in [5.74, 6) is 0.929. The van der Waals surface area contributed by atoms with Crippen molar-refractivity contribution < 1.29 is 13.2 Å². The van der Waals surface area contributed by atoms with Gasteiger partial charge in [0.15, 0.2) is 9.84 Å². The molecule has 0 aliphatic carbocycles. The van der Waals surface area contributed by atoms with Crippen molar-refractivity contribution >= 4 is 15.7 Å². The molecular formula is C14H28N2O3S. The van der Waals surface area contributed by atoms with Gasteiger partial charge in [-0.3, -0.25) is 4.79 Å². The fourth-order valence-corrected chi connectivity index (χ4v) is 4.65. The normalized spacial score (nSPS) is 22.6. The second-order valence-electron chi connectivity index (χ2n) is 5.63. The van der Waals surface area contributed by atoms with Gasteiger partial charge in [-0.25, -0.2) is 8.42 Å². The lowest BCUT2D eigenvalue weighted by Crippen LogP contribution is -2.41. The van der Waals surface area contributed by atoms with Crippen LogP contribution in [-0.4, -0.2) is 49.9 Å². The molecule has 118 valence electrons. The molecule has 0 aromatic rings. The Hall–Kier alpha value is -0.620. The Labute approximate surface area is 122 Å². The fraction of sp³-hybridized carbons (Fsp3) is 0.929. The third kappa shape index (κ3) is 5.05. The number of rotatable bonds is 8. The van der Waals surface area contributed by atoms with Crippen molar-refractivity contribution in [2.45, 2.75) is 52.0 Å². The smallest absolute Gasteiger partial charge is 0.222 e. The van der Waals surface area contributed by atoms with E-state index in [9.17, 15) is 13.2 Å². The second-order valence-corrected chi connectivity index (χ2v) is 7.86. The van der Waals surface area contributed by atoms with Gasteiger partial charge in [0.05, 0.1) is 11.5 Å². The highest BCUT2D eigenvalue weighted by atomic mass is 32.2. The molecule has 1 heterocycles. The molecule has 6 heteroatoms. The van der Waals surface area contributed by atoms with E-state index in [1.165, 1.54) is 0 Å². The first-order chi connectivity index (χ1) is 9.43. The highest BCUT2D eigenvalue weighted by molar-refractivity contribution is 7.91. The summed E-state index contributed by atoms with van der Waals surface area (Å²) in [7, 11) is -2.94. The molecule has 2 unspecified atom stereocenters. The molecule has 1 amide bonds. The summed E-state index contributed by atoms with van der Waals surface area (Å²) in [5, 5.41) is 0. The van der Waals surface area contributed by atoms with Crippen LogP contribution in [0.1, 0.15) is 46.0 Å². The van der Waals surface area contributed by atoms with E-state index in [4.69, 9.17) is 5.73 Å². The third-order valence-corrected chi connectivity index (χ3v) is 5.98. The van der Waals surface area contributed by atoms with Crippen LogP contribution in [0, 0.1) is 5.92 Å². The Morgan fingerprint density at radius 1 is 1.35 bits per heavy atom. The van der Waals surface area contributed by atoms with E-state index >= 15 is 0 Å². The lowest BCUT2D eigenvalue weighted by Gasteiger charge is -2.27. The van der Waals surface area contributed by atoms with Crippen LogP contribution in [-0.2, 0) is 14.6 Å². The zero-order chi connectivity index (χ0) is 15.2. The maximum atomic E-state index is 12.3. The largest absolute Gasteiger partial charge is 0.339 e. The minimum atomic E-state index is -2.94. The molecule has 0 radical (unpaired) electrons. The molecule has 1 fully saturated rings. The number of nitrogens with zero attached hydrogens (tertiary/aromatic N) is 1. The SMILES string of the molecule is CCC(CCN)CCC(=O)N(CC)C1CCS(=O)(=O)C1. The molecule has 0 bridgehead atoms. The standard InChI is InChI=1S/C14H28N2O3S/c1-3-12(7-9-15)5-6-14(17)16(4-2)13-8-10-20(18,19)11-13/h12-13H,3-11,15H2,1-2H3. The van der Waals surface area contributed by atoms with Crippen LogP contribution in [0.5, 0.6) is 0 Å². The zero-order valence-electron chi connectivity index (χ0n) is 12.7. The highest BCUT2D eigenvalue weighted by Gasteiger charge is 2.33. The molecule has 1 rings (SSSR count). The van der Waals surface area contributed by atoms with E-state index in [-0.39, 0.29) is 23.5 Å². The summed E-state index contributed by atoms with van der Waals surface area (Å²) in [6.45, 7) is 5.28. The highest BCUT2D eigenvalue weighted by Crippen LogP contribution is 2.21. The van der Waals surface area contributed by atoms with E-state index < -0.39 is 9.84 Å². The molecule has 0 spiro atoms. The zero-order valence-corrected chi connectivity index (χ0v) is 13.5. The number of hydrogen-bond acceptors (Lipinski definition) is 4. The maximum Gasteiger partial charge on any atom is 0.222 e. The number of hydrogen-bond donors (Lipinski definition) is 1. The van der Waals surface area contributed by atoms with Crippen molar-refractivity contribution in [2.75, 3.05) is 24.6 Å². The average molecular weight is 304 g/mol. The van der Waals surface area contributed by atoms with Crippen molar-refractivity contribution in [2.24, 2.45) is 11.7 Å². The van der Waals surface area contributed by atoms with Crippen molar-refractivity contribution in [1.29, 1.82) is 0 Å². The van der Waals surface area contributed by atoms with Crippen molar-refractivity contribution in [3.8, 4) is 0 Å². The molecule has 1 saturated heterocycles. The van der Waals surface area contributed by atoms with Crippen molar-refractivity contribution in [3.05, 3.63) is 0 Å². The third-order valence-electron chi connectivity index (χ3n) is 4.23. The minimum absolute atomic E-state index is 0.0880. The van der Waals surface area contributed by atoms with Gasteiger partial charge in [0.25, 0.3) is 0 Å². The quantitative estimate of drug-likeness (QED) is 0.730. The first-order valence-corrected chi connectivity index (χ1v) is 9.45. The van der Waals surface area contributed by atoms with Crippen LogP contribution in [0.4, 0.5) is 0 Å². The van der Waals surface area contributed by atoms with Crippen LogP contribution in [0.3, 0.4) is 0 Å². The maximum absolute atomic E-state index is 12.3. The predicted molar refractivity (Wildman–Crippen MR) is 81.1 cm³/mol. The lowest BCUT2D eigenvalue weighted by molar-refractivity contribution is -0.133. The molecule has 0 aromatic heterocycles. The Bertz CT molecular complexity index is 409. The van der Waals surface area contributed by atoms with Gasteiger partial charge in [0, 0.05) is 19.0 Å². The predicted octanol–water partition coefficient (Wildman–Crippen LogP) is 1.18. The molecule has 1 aliphatic heterocycles. The molecule has 5 nitrogen and oxygen atoms in total. The molecular weight excluding hydrogens is 276 g/mol. The first kappa shape index (κ1) is 17.4. The molecule has 2 atom stereocenters. The van der Waals surface area contributed by atoms with E-state index in [1.807, 2.05) is 6.92 Å².